The lowest BCUT2D eigenvalue weighted by Gasteiger charge is -2.19. The molecule has 0 aromatic heterocycles. The quantitative estimate of drug-likeness (QED) is 0.682. The van der Waals surface area contributed by atoms with Crippen LogP contribution in [0.2, 0.25) is 5.02 Å². The summed E-state index contributed by atoms with van der Waals surface area (Å²) in [7, 11) is 1.48. The summed E-state index contributed by atoms with van der Waals surface area (Å²) in [4.78, 5) is 25.1. The summed E-state index contributed by atoms with van der Waals surface area (Å²) in [6.45, 7) is 1.79. The number of halogens is 1. The predicted molar refractivity (Wildman–Crippen MR) is 78.9 cm³/mol. The van der Waals surface area contributed by atoms with Crippen molar-refractivity contribution in [1.82, 2.24) is 10.2 Å². The summed E-state index contributed by atoms with van der Waals surface area (Å²) >= 11 is 5.78. The largest absolute Gasteiger partial charge is 0.382 e. The maximum atomic E-state index is 12.2. The SMILES string of the molecule is COCC1(C)NC(=O)N(CC#Cc2ccc(Cl)cc2)C1=O. The third-order valence-corrected chi connectivity index (χ3v) is 3.34. The minimum absolute atomic E-state index is 0.0343. The molecule has 1 atom stereocenters. The normalized spacial score (nSPS) is 21.0. The Labute approximate surface area is 128 Å². The molecule has 21 heavy (non-hydrogen) atoms. The number of hydrogen-bond acceptors (Lipinski definition) is 3. The monoisotopic (exact) mass is 306 g/mol. The minimum Gasteiger partial charge on any atom is -0.382 e. The van der Waals surface area contributed by atoms with Crippen LogP contribution in [0.3, 0.4) is 0 Å². The van der Waals surface area contributed by atoms with Crippen LogP contribution in [0, 0.1) is 11.8 Å². The van der Waals surface area contributed by atoms with Gasteiger partial charge in [0.15, 0.2) is 0 Å². The number of nitrogens with one attached hydrogen (secondary N) is 1. The lowest BCUT2D eigenvalue weighted by atomic mass is 10.0. The van der Waals surface area contributed by atoms with Gasteiger partial charge in [0.05, 0.1) is 13.2 Å². The molecule has 1 fully saturated rings. The van der Waals surface area contributed by atoms with Crippen molar-refractivity contribution < 1.29 is 14.3 Å². The zero-order chi connectivity index (χ0) is 15.5. The molecule has 1 aromatic carbocycles. The Balaban J connectivity index is 2.05. The Morgan fingerprint density at radius 3 is 2.62 bits per heavy atom. The summed E-state index contributed by atoms with van der Waals surface area (Å²) in [5.41, 5.74) is -0.251. The number of carbonyl (C=O) groups is 2. The van der Waals surface area contributed by atoms with E-state index in [1.807, 2.05) is 0 Å². The number of imide groups is 1. The van der Waals surface area contributed by atoms with Crippen molar-refractivity contribution >= 4 is 23.5 Å². The summed E-state index contributed by atoms with van der Waals surface area (Å²) in [5, 5.41) is 3.24. The van der Waals surface area contributed by atoms with Gasteiger partial charge in [-0.2, -0.15) is 0 Å². The first-order valence-corrected chi connectivity index (χ1v) is 6.71. The molecule has 5 nitrogen and oxygen atoms in total. The van der Waals surface area contributed by atoms with Crippen molar-refractivity contribution in [2.24, 2.45) is 0 Å². The second-order valence-corrected chi connectivity index (χ2v) is 5.33. The number of urea groups is 1. The van der Waals surface area contributed by atoms with Gasteiger partial charge < -0.3 is 10.1 Å². The van der Waals surface area contributed by atoms with E-state index in [1.165, 1.54) is 7.11 Å². The highest BCUT2D eigenvalue weighted by Crippen LogP contribution is 2.17. The molecule has 0 aliphatic carbocycles. The van der Waals surface area contributed by atoms with Gasteiger partial charge >= 0.3 is 6.03 Å². The third kappa shape index (κ3) is 3.35. The maximum absolute atomic E-state index is 12.2. The number of hydrogen-bond donors (Lipinski definition) is 1. The standard InChI is InChI=1S/C15H15ClN2O3/c1-15(10-21-2)13(19)18(14(20)17-15)9-3-4-11-5-7-12(16)8-6-11/h5-8H,9-10H2,1-2H3,(H,17,20). The molecule has 1 N–H and O–H groups in total. The van der Waals surface area contributed by atoms with Crippen LogP contribution in [0.15, 0.2) is 24.3 Å². The fourth-order valence-electron chi connectivity index (χ4n) is 2.03. The van der Waals surface area contributed by atoms with E-state index >= 15 is 0 Å². The number of ether oxygens (including phenoxy) is 1. The van der Waals surface area contributed by atoms with E-state index in [0.717, 1.165) is 10.5 Å². The lowest BCUT2D eigenvalue weighted by molar-refractivity contribution is -0.132. The van der Waals surface area contributed by atoms with Gasteiger partial charge in [-0.15, -0.1) is 0 Å². The molecule has 1 aromatic rings. The Morgan fingerprint density at radius 1 is 1.33 bits per heavy atom. The Bertz CT molecular complexity index is 618. The second-order valence-electron chi connectivity index (χ2n) is 4.90. The van der Waals surface area contributed by atoms with Crippen molar-refractivity contribution in [3.05, 3.63) is 34.9 Å². The number of carbonyl (C=O) groups excluding carboxylic acids is 2. The molecule has 0 radical (unpaired) electrons. The van der Waals surface area contributed by atoms with Crippen molar-refractivity contribution in [2.75, 3.05) is 20.3 Å². The molecular weight excluding hydrogens is 292 g/mol. The zero-order valence-electron chi connectivity index (χ0n) is 11.8. The number of amides is 3. The highest BCUT2D eigenvalue weighted by molar-refractivity contribution is 6.30. The summed E-state index contributed by atoms with van der Waals surface area (Å²) in [6.07, 6.45) is 0. The van der Waals surface area contributed by atoms with E-state index in [0.29, 0.717) is 5.02 Å². The van der Waals surface area contributed by atoms with Crippen LogP contribution >= 0.6 is 11.6 Å². The molecule has 1 saturated heterocycles. The molecule has 1 heterocycles. The number of methoxy groups -OCH3 is 1. The van der Waals surface area contributed by atoms with Crippen LogP contribution in [0.5, 0.6) is 0 Å². The van der Waals surface area contributed by atoms with Crippen LogP contribution < -0.4 is 5.32 Å². The van der Waals surface area contributed by atoms with Gasteiger partial charge in [-0.25, -0.2) is 4.79 Å². The van der Waals surface area contributed by atoms with Crippen LogP contribution in [-0.4, -0.2) is 42.6 Å². The second kappa shape index (κ2) is 6.17. The fourth-order valence-corrected chi connectivity index (χ4v) is 2.16. The summed E-state index contributed by atoms with van der Waals surface area (Å²) < 4.78 is 4.97. The molecule has 110 valence electrons. The average molecular weight is 307 g/mol. The highest BCUT2D eigenvalue weighted by Gasteiger charge is 2.47. The molecular formula is C15H15ClN2O3. The van der Waals surface area contributed by atoms with Crippen LogP contribution in [0.1, 0.15) is 12.5 Å². The van der Waals surface area contributed by atoms with Crippen molar-refractivity contribution in [2.45, 2.75) is 12.5 Å². The molecule has 0 bridgehead atoms. The Kier molecular flexibility index (Phi) is 4.51. The molecule has 3 amide bonds. The summed E-state index contributed by atoms with van der Waals surface area (Å²) in [5.74, 6) is 5.37. The van der Waals surface area contributed by atoms with E-state index in [1.54, 1.807) is 31.2 Å². The average Bonchev–Trinajstić information content (AvgIpc) is 2.64. The van der Waals surface area contributed by atoms with Gasteiger partial charge in [0.25, 0.3) is 5.91 Å². The van der Waals surface area contributed by atoms with Crippen molar-refractivity contribution in [3.63, 3.8) is 0 Å². The Hall–Kier alpha value is -2.03. The zero-order valence-corrected chi connectivity index (χ0v) is 12.5. The van der Waals surface area contributed by atoms with Gasteiger partial charge in [-0.3, -0.25) is 9.69 Å². The highest BCUT2D eigenvalue weighted by atomic mass is 35.5. The molecule has 6 heteroatoms. The first-order chi connectivity index (χ1) is 9.96. The molecule has 2 rings (SSSR count). The van der Waals surface area contributed by atoms with Gasteiger partial charge in [-0.05, 0) is 31.2 Å². The van der Waals surface area contributed by atoms with Gasteiger partial charge in [-0.1, -0.05) is 23.4 Å². The fraction of sp³-hybridized carbons (Fsp3) is 0.333. The van der Waals surface area contributed by atoms with Crippen molar-refractivity contribution in [3.8, 4) is 11.8 Å². The van der Waals surface area contributed by atoms with Gasteiger partial charge in [0, 0.05) is 17.7 Å². The Morgan fingerprint density at radius 2 is 2.00 bits per heavy atom. The lowest BCUT2D eigenvalue weighted by Crippen LogP contribution is -2.47. The van der Waals surface area contributed by atoms with Crippen molar-refractivity contribution in [1.29, 1.82) is 0 Å². The van der Waals surface area contributed by atoms with Gasteiger partial charge in [0.2, 0.25) is 0 Å². The smallest absolute Gasteiger partial charge is 0.325 e. The third-order valence-electron chi connectivity index (χ3n) is 3.09. The molecule has 1 aliphatic rings. The first kappa shape index (κ1) is 15.4. The van der Waals surface area contributed by atoms with Crippen LogP contribution in [0.4, 0.5) is 4.79 Å². The van der Waals surface area contributed by atoms with Crippen LogP contribution in [0.25, 0.3) is 0 Å². The molecule has 1 unspecified atom stereocenters. The number of rotatable bonds is 3. The number of nitrogens with zero attached hydrogens (tertiary/aromatic N) is 1. The van der Waals surface area contributed by atoms with E-state index in [-0.39, 0.29) is 19.1 Å². The molecule has 0 saturated carbocycles. The molecule has 0 spiro atoms. The molecule has 1 aliphatic heterocycles. The first-order valence-electron chi connectivity index (χ1n) is 6.34. The van der Waals surface area contributed by atoms with E-state index in [4.69, 9.17) is 16.3 Å². The maximum Gasteiger partial charge on any atom is 0.325 e. The summed E-state index contributed by atoms with van der Waals surface area (Å²) in [6, 6.07) is 6.56. The number of benzene rings is 1. The van der Waals surface area contributed by atoms with E-state index in [2.05, 4.69) is 17.2 Å². The predicted octanol–water partition coefficient (Wildman–Crippen LogP) is 1.65. The topological polar surface area (TPSA) is 58.6 Å². The van der Waals surface area contributed by atoms with E-state index < -0.39 is 11.6 Å². The minimum atomic E-state index is -1.02. The van der Waals surface area contributed by atoms with Gasteiger partial charge in [0.1, 0.15) is 5.54 Å². The van der Waals surface area contributed by atoms with Crippen LogP contribution in [-0.2, 0) is 9.53 Å². The van der Waals surface area contributed by atoms with E-state index in [9.17, 15) is 9.59 Å².